The summed E-state index contributed by atoms with van der Waals surface area (Å²) in [7, 11) is 0. The van der Waals surface area contributed by atoms with Crippen LogP contribution < -0.4 is 5.32 Å². The number of nitrogens with one attached hydrogen (secondary N) is 1. The second-order valence-electron chi connectivity index (χ2n) is 6.04. The Kier molecular flexibility index (Phi) is 6.13. The third-order valence-electron chi connectivity index (χ3n) is 4.19. The molecule has 3 rings (SSSR count). The highest BCUT2D eigenvalue weighted by Gasteiger charge is 2.26. The Balaban J connectivity index is 1.63. The molecule has 0 aliphatic carbocycles. The van der Waals surface area contributed by atoms with Crippen LogP contribution in [0.2, 0.25) is 5.02 Å². The summed E-state index contributed by atoms with van der Waals surface area (Å²) in [6.45, 7) is 3.91. The summed E-state index contributed by atoms with van der Waals surface area (Å²) < 4.78 is 5.00. The van der Waals surface area contributed by atoms with Crippen molar-refractivity contribution in [3.63, 3.8) is 0 Å². The van der Waals surface area contributed by atoms with Crippen LogP contribution in [-0.2, 0) is 4.74 Å². The lowest BCUT2D eigenvalue weighted by Gasteiger charge is -2.33. The molecular formula is C19H21ClN4O3. The summed E-state index contributed by atoms with van der Waals surface area (Å²) in [4.78, 5) is 32.0. The summed E-state index contributed by atoms with van der Waals surface area (Å²) in [5, 5.41) is 3.84. The molecule has 0 unspecified atom stereocenters. The van der Waals surface area contributed by atoms with Gasteiger partial charge in [0, 0.05) is 48.8 Å². The van der Waals surface area contributed by atoms with Gasteiger partial charge in [-0.25, -0.2) is 4.79 Å². The van der Waals surface area contributed by atoms with Crippen LogP contribution in [0.25, 0.3) is 0 Å². The average Bonchev–Trinajstić information content (AvgIpc) is 2.68. The quantitative estimate of drug-likeness (QED) is 0.868. The van der Waals surface area contributed by atoms with Crippen molar-refractivity contribution in [1.29, 1.82) is 0 Å². The van der Waals surface area contributed by atoms with Crippen molar-refractivity contribution < 1.29 is 14.3 Å². The largest absolute Gasteiger partial charge is 0.450 e. The molecule has 1 aliphatic rings. The molecule has 2 aromatic rings. The maximum absolute atomic E-state index is 12.7. The van der Waals surface area contributed by atoms with Crippen molar-refractivity contribution in [3.8, 4) is 0 Å². The zero-order chi connectivity index (χ0) is 19.2. The fourth-order valence-electron chi connectivity index (χ4n) is 2.83. The van der Waals surface area contributed by atoms with E-state index < -0.39 is 0 Å². The van der Waals surface area contributed by atoms with E-state index in [0.717, 1.165) is 11.4 Å². The van der Waals surface area contributed by atoms with Crippen LogP contribution in [0.15, 0.2) is 42.6 Å². The molecule has 0 spiro atoms. The van der Waals surface area contributed by atoms with Gasteiger partial charge in [0.25, 0.3) is 5.91 Å². The van der Waals surface area contributed by atoms with Crippen LogP contribution >= 0.6 is 11.6 Å². The van der Waals surface area contributed by atoms with E-state index >= 15 is 0 Å². The SMILES string of the molecule is CCOC(=O)N1CCN(C(=O)c2cc(Nc3cccc(Cl)c3)ccn2)CC1. The minimum absolute atomic E-state index is 0.159. The molecule has 1 aliphatic heterocycles. The van der Waals surface area contributed by atoms with Crippen LogP contribution in [0.4, 0.5) is 16.2 Å². The van der Waals surface area contributed by atoms with Gasteiger partial charge in [0.05, 0.1) is 6.61 Å². The van der Waals surface area contributed by atoms with Crippen molar-refractivity contribution >= 4 is 35.0 Å². The number of ether oxygens (including phenoxy) is 1. The summed E-state index contributed by atoms with van der Waals surface area (Å²) in [5.74, 6) is -0.159. The first-order valence-electron chi connectivity index (χ1n) is 8.76. The maximum atomic E-state index is 12.7. The molecule has 142 valence electrons. The fraction of sp³-hybridized carbons (Fsp3) is 0.316. The van der Waals surface area contributed by atoms with Crippen molar-refractivity contribution in [2.75, 3.05) is 38.1 Å². The third kappa shape index (κ3) is 4.89. The number of carbonyl (C=O) groups excluding carboxylic acids is 2. The number of piperazine rings is 1. The van der Waals surface area contributed by atoms with E-state index in [9.17, 15) is 9.59 Å². The molecule has 1 aromatic heterocycles. The predicted octanol–water partition coefficient (Wildman–Crippen LogP) is 3.39. The summed E-state index contributed by atoms with van der Waals surface area (Å²) in [6.07, 6.45) is 1.25. The van der Waals surface area contributed by atoms with Crippen LogP contribution in [0, 0.1) is 0 Å². The number of anilines is 2. The molecule has 1 aromatic carbocycles. The normalized spacial score (nSPS) is 14.0. The average molecular weight is 389 g/mol. The van der Waals surface area contributed by atoms with Gasteiger partial charge in [-0.2, -0.15) is 0 Å². The Morgan fingerprint density at radius 1 is 1.11 bits per heavy atom. The van der Waals surface area contributed by atoms with E-state index in [1.807, 2.05) is 12.1 Å². The molecule has 1 N–H and O–H groups in total. The van der Waals surface area contributed by atoms with Gasteiger partial charge in [-0.1, -0.05) is 17.7 Å². The molecule has 2 heterocycles. The smallest absolute Gasteiger partial charge is 0.409 e. The van der Waals surface area contributed by atoms with Crippen molar-refractivity contribution in [3.05, 3.63) is 53.3 Å². The standard InChI is InChI=1S/C19H21ClN4O3/c1-2-27-19(26)24-10-8-23(9-11-24)18(25)17-13-16(6-7-21-17)22-15-5-3-4-14(20)12-15/h3-7,12-13H,2,8-11H2,1H3,(H,21,22). The number of hydrogen-bond acceptors (Lipinski definition) is 5. The number of aromatic nitrogens is 1. The maximum Gasteiger partial charge on any atom is 0.409 e. The first-order chi connectivity index (χ1) is 13.1. The predicted molar refractivity (Wildman–Crippen MR) is 103 cm³/mol. The lowest BCUT2D eigenvalue weighted by molar-refractivity contribution is 0.0566. The minimum atomic E-state index is -0.338. The summed E-state index contributed by atoms with van der Waals surface area (Å²) in [5.41, 5.74) is 1.93. The van der Waals surface area contributed by atoms with E-state index in [1.165, 1.54) is 0 Å². The van der Waals surface area contributed by atoms with Gasteiger partial charge in [-0.15, -0.1) is 0 Å². The van der Waals surface area contributed by atoms with Crippen LogP contribution in [0.1, 0.15) is 17.4 Å². The van der Waals surface area contributed by atoms with Crippen LogP contribution in [-0.4, -0.2) is 59.6 Å². The van der Waals surface area contributed by atoms with E-state index in [4.69, 9.17) is 16.3 Å². The second-order valence-corrected chi connectivity index (χ2v) is 6.48. The van der Waals surface area contributed by atoms with Gasteiger partial charge >= 0.3 is 6.09 Å². The van der Waals surface area contributed by atoms with E-state index in [-0.39, 0.29) is 12.0 Å². The van der Waals surface area contributed by atoms with Gasteiger partial charge in [0.1, 0.15) is 5.69 Å². The highest BCUT2D eigenvalue weighted by atomic mass is 35.5. The van der Waals surface area contributed by atoms with Crippen LogP contribution in [0.3, 0.4) is 0 Å². The number of benzene rings is 1. The van der Waals surface area contributed by atoms with E-state index in [1.54, 1.807) is 47.2 Å². The molecule has 7 nitrogen and oxygen atoms in total. The number of pyridine rings is 1. The summed E-state index contributed by atoms with van der Waals surface area (Å²) in [6, 6.07) is 10.8. The lowest BCUT2D eigenvalue weighted by atomic mass is 10.2. The first-order valence-corrected chi connectivity index (χ1v) is 9.14. The zero-order valence-corrected chi connectivity index (χ0v) is 15.8. The zero-order valence-electron chi connectivity index (χ0n) is 15.0. The molecule has 1 saturated heterocycles. The number of amides is 2. The molecular weight excluding hydrogens is 368 g/mol. The number of carbonyl (C=O) groups is 2. The number of rotatable bonds is 4. The number of hydrogen-bond donors (Lipinski definition) is 1. The molecule has 0 radical (unpaired) electrons. The second kappa shape index (κ2) is 8.73. The molecule has 1 fully saturated rings. The highest BCUT2D eigenvalue weighted by molar-refractivity contribution is 6.30. The molecule has 0 atom stereocenters. The fourth-order valence-corrected chi connectivity index (χ4v) is 3.02. The Hall–Kier alpha value is -2.80. The third-order valence-corrected chi connectivity index (χ3v) is 4.42. The molecule has 0 saturated carbocycles. The summed E-state index contributed by atoms with van der Waals surface area (Å²) >= 11 is 6.00. The van der Waals surface area contributed by atoms with Crippen molar-refractivity contribution in [2.24, 2.45) is 0 Å². The van der Waals surface area contributed by atoms with Gasteiger partial charge in [-0.05, 0) is 37.3 Å². The topological polar surface area (TPSA) is 74.8 Å². The Labute approximate surface area is 162 Å². The van der Waals surface area contributed by atoms with Gasteiger partial charge in [0.15, 0.2) is 0 Å². The molecule has 2 amide bonds. The van der Waals surface area contributed by atoms with E-state index in [0.29, 0.717) is 43.5 Å². The van der Waals surface area contributed by atoms with Gasteiger partial charge in [0.2, 0.25) is 0 Å². The molecule has 8 heteroatoms. The Morgan fingerprint density at radius 2 is 1.81 bits per heavy atom. The Morgan fingerprint density at radius 3 is 2.52 bits per heavy atom. The Bertz CT molecular complexity index is 822. The van der Waals surface area contributed by atoms with Crippen molar-refractivity contribution in [1.82, 2.24) is 14.8 Å². The number of nitrogens with zero attached hydrogens (tertiary/aromatic N) is 3. The van der Waals surface area contributed by atoms with Gasteiger partial charge in [-0.3, -0.25) is 9.78 Å². The lowest BCUT2D eigenvalue weighted by Crippen LogP contribution is -2.50. The van der Waals surface area contributed by atoms with Gasteiger partial charge < -0.3 is 19.9 Å². The highest BCUT2D eigenvalue weighted by Crippen LogP contribution is 2.20. The monoisotopic (exact) mass is 388 g/mol. The number of halogens is 1. The molecule has 27 heavy (non-hydrogen) atoms. The molecule has 0 bridgehead atoms. The van der Waals surface area contributed by atoms with Crippen LogP contribution in [0.5, 0.6) is 0 Å². The van der Waals surface area contributed by atoms with Crippen molar-refractivity contribution in [2.45, 2.75) is 6.92 Å². The van der Waals surface area contributed by atoms with E-state index in [2.05, 4.69) is 10.3 Å². The minimum Gasteiger partial charge on any atom is -0.450 e. The first kappa shape index (κ1) is 19.0.